The van der Waals surface area contributed by atoms with E-state index in [0.29, 0.717) is 24.7 Å². The lowest BCUT2D eigenvalue weighted by molar-refractivity contribution is 0.392. The number of aliphatic imine (C=N–C) groups is 1. The molecule has 4 nitrogen and oxygen atoms in total. The Hall–Kier alpha value is -0.540. The number of hydrogen-bond acceptors (Lipinski definition) is 3. The molecule has 1 aromatic rings. The molecule has 0 radical (unpaired) electrons. The third-order valence-corrected chi connectivity index (χ3v) is 5.08. The highest BCUT2D eigenvalue weighted by Gasteiger charge is 2.14. The summed E-state index contributed by atoms with van der Waals surface area (Å²) in [4.78, 5) is 6.65. The van der Waals surface area contributed by atoms with Crippen molar-refractivity contribution in [3.8, 4) is 0 Å². The van der Waals surface area contributed by atoms with Gasteiger partial charge in [0, 0.05) is 30.4 Å². The Balaban J connectivity index is 0.00000312. The van der Waals surface area contributed by atoms with E-state index in [2.05, 4.69) is 22.5 Å². The highest BCUT2D eigenvalue weighted by atomic mass is 127. The molecule has 2 N–H and O–H groups in total. The first kappa shape index (κ1) is 22.5. The van der Waals surface area contributed by atoms with Gasteiger partial charge in [0.1, 0.15) is 5.82 Å². The second-order valence-electron chi connectivity index (χ2n) is 6.42. The predicted molar refractivity (Wildman–Crippen MR) is 118 cm³/mol. The van der Waals surface area contributed by atoms with E-state index in [4.69, 9.17) is 0 Å². The zero-order chi connectivity index (χ0) is 17.4. The average molecular weight is 480 g/mol. The second-order valence-corrected chi connectivity index (χ2v) is 7.57. The first-order valence-electron chi connectivity index (χ1n) is 8.63. The van der Waals surface area contributed by atoms with Crippen molar-refractivity contribution in [2.75, 3.05) is 32.1 Å². The molecule has 0 saturated carbocycles. The van der Waals surface area contributed by atoms with Gasteiger partial charge in [0.2, 0.25) is 0 Å². The molecule has 1 aromatic carbocycles. The Morgan fingerprint density at radius 2 is 2.20 bits per heavy atom. The van der Waals surface area contributed by atoms with E-state index in [0.717, 1.165) is 23.8 Å². The van der Waals surface area contributed by atoms with Crippen LogP contribution in [0.1, 0.15) is 30.9 Å². The Morgan fingerprint density at radius 3 is 2.84 bits per heavy atom. The van der Waals surface area contributed by atoms with Crippen molar-refractivity contribution in [3.63, 3.8) is 0 Å². The SMILES string of the molecule is CCNC(=NCc1ccc(F)c(CN(C)C)c1)NC1CCCSC1.I. The molecular formula is C18H30FIN4S. The zero-order valence-electron chi connectivity index (χ0n) is 15.3. The lowest BCUT2D eigenvalue weighted by Gasteiger charge is -2.24. The largest absolute Gasteiger partial charge is 0.357 e. The first-order chi connectivity index (χ1) is 11.6. The number of halogens is 2. The van der Waals surface area contributed by atoms with Gasteiger partial charge in [0.15, 0.2) is 5.96 Å². The molecule has 1 unspecified atom stereocenters. The number of guanidine groups is 1. The van der Waals surface area contributed by atoms with Crippen LogP contribution in [-0.4, -0.2) is 49.0 Å². The van der Waals surface area contributed by atoms with Crippen LogP contribution >= 0.6 is 35.7 Å². The number of nitrogens with one attached hydrogen (secondary N) is 2. The van der Waals surface area contributed by atoms with Crippen LogP contribution in [-0.2, 0) is 13.1 Å². The van der Waals surface area contributed by atoms with E-state index >= 15 is 0 Å². The molecule has 7 heteroatoms. The van der Waals surface area contributed by atoms with Gasteiger partial charge < -0.3 is 15.5 Å². The van der Waals surface area contributed by atoms with Gasteiger partial charge >= 0.3 is 0 Å². The van der Waals surface area contributed by atoms with Crippen LogP contribution < -0.4 is 10.6 Å². The van der Waals surface area contributed by atoms with Crippen molar-refractivity contribution >= 4 is 41.7 Å². The lowest BCUT2D eigenvalue weighted by atomic mass is 10.1. The maximum atomic E-state index is 13.9. The molecule has 1 atom stereocenters. The fourth-order valence-electron chi connectivity index (χ4n) is 2.73. The lowest BCUT2D eigenvalue weighted by Crippen LogP contribution is -2.45. The van der Waals surface area contributed by atoms with Crippen molar-refractivity contribution in [3.05, 3.63) is 35.1 Å². The standard InChI is InChI=1S/C18H29FN4S.HI/c1-4-20-18(22-16-6-5-9-24-13-16)21-11-14-7-8-17(19)15(10-14)12-23(2)3;/h7-8,10,16H,4-6,9,11-13H2,1-3H3,(H2,20,21,22);1H. The first-order valence-corrected chi connectivity index (χ1v) is 9.78. The Bertz CT molecular complexity index is 548. The summed E-state index contributed by atoms with van der Waals surface area (Å²) in [7, 11) is 3.89. The van der Waals surface area contributed by atoms with Crippen molar-refractivity contribution in [1.82, 2.24) is 15.5 Å². The summed E-state index contributed by atoms with van der Waals surface area (Å²) in [5.41, 5.74) is 1.75. The average Bonchev–Trinajstić information content (AvgIpc) is 2.56. The van der Waals surface area contributed by atoms with Gasteiger partial charge in [-0.3, -0.25) is 0 Å². The minimum atomic E-state index is -0.152. The van der Waals surface area contributed by atoms with Gasteiger partial charge in [0.25, 0.3) is 0 Å². The number of thioether (sulfide) groups is 1. The van der Waals surface area contributed by atoms with E-state index in [1.807, 2.05) is 42.9 Å². The summed E-state index contributed by atoms with van der Waals surface area (Å²) >= 11 is 2.00. The minimum Gasteiger partial charge on any atom is -0.357 e. The smallest absolute Gasteiger partial charge is 0.191 e. The summed E-state index contributed by atoms with van der Waals surface area (Å²) in [5, 5.41) is 6.83. The molecule has 0 aromatic heterocycles. The molecule has 1 heterocycles. The molecule has 0 bridgehead atoms. The molecule has 2 rings (SSSR count). The van der Waals surface area contributed by atoms with Crippen LogP contribution in [0.2, 0.25) is 0 Å². The highest BCUT2D eigenvalue weighted by Crippen LogP contribution is 2.17. The van der Waals surface area contributed by atoms with Crippen LogP contribution in [0.25, 0.3) is 0 Å². The zero-order valence-corrected chi connectivity index (χ0v) is 18.5. The fourth-order valence-corrected chi connectivity index (χ4v) is 3.80. The third-order valence-electron chi connectivity index (χ3n) is 3.86. The molecule has 1 aliphatic heterocycles. The summed E-state index contributed by atoms with van der Waals surface area (Å²) in [6.07, 6.45) is 2.45. The van der Waals surface area contributed by atoms with Crippen molar-refractivity contribution < 1.29 is 4.39 Å². The second kappa shape index (κ2) is 12.0. The van der Waals surface area contributed by atoms with Gasteiger partial charge in [0.05, 0.1) is 6.54 Å². The van der Waals surface area contributed by atoms with Crippen LogP contribution in [0.3, 0.4) is 0 Å². The fraction of sp³-hybridized carbons (Fsp3) is 0.611. The number of hydrogen-bond donors (Lipinski definition) is 2. The molecule has 1 aliphatic rings. The molecule has 0 aliphatic carbocycles. The Labute approximate surface area is 172 Å². The van der Waals surface area contributed by atoms with Gasteiger partial charge in [-0.15, -0.1) is 24.0 Å². The highest BCUT2D eigenvalue weighted by molar-refractivity contribution is 14.0. The van der Waals surface area contributed by atoms with Crippen LogP contribution in [0.15, 0.2) is 23.2 Å². The summed E-state index contributed by atoms with van der Waals surface area (Å²) in [6, 6.07) is 5.76. The Morgan fingerprint density at radius 1 is 1.40 bits per heavy atom. The normalized spacial score (nSPS) is 18.0. The summed E-state index contributed by atoms with van der Waals surface area (Å²) in [6.45, 7) is 4.05. The molecule has 0 amide bonds. The molecule has 1 saturated heterocycles. The molecule has 0 spiro atoms. The quantitative estimate of drug-likeness (QED) is 0.372. The van der Waals surface area contributed by atoms with Crippen LogP contribution in [0.5, 0.6) is 0 Å². The minimum absolute atomic E-state index is 0. The molecule has 1 fully saturated rings. The van der Waals surface area contributed by atoms with Crippen LogP contribution in [0, 0.1) is 5.82 Å². The van der Waals surface area contributed by atoms with Crippen molar-refractivity contribution in [1.29, 1.82) is 0 Å². The maximum Gasteiger partial charge on any atom is 0.191 e. The number of benzene rings is 1. The van der Waals surface area contributed by atoms with Gasteiger partial charge in [-0.2, -0.15) is 11.8 Å². The molecule has 142 valence electrons. The summed E-state index contributed by atoms with van der Waals surface area (Å²) in [5.74, 6) is 3.09. The van der Waals surface area contributed by atoms with Gasteiger partial charge in [-0.1, -0.05) is 6.07 Å². The van der Waals surface area contributed by atoms with Gasteiger partial charge in [-0.25, -0.2) is 9.38 Å². The number of rotatable bonds is 6. The third kappa shape index (κ3) is 8.13. The van der Waals surface area contributed by atoms with E-state index < -0.39 is 0 Å². The van der Waals surface area contributed by atoms with E-state index in [1.165, 1.54) is 18.6 Å². The van der Waals surface area contributed by atoms with Crippen molar-refractivity contribution in [2.24, 2.45) is 4.99 Å². The molecular weight excluding hydrogens is 450 g/mol. The maximum absolute atomic E-state index is 13.9. The summed E-state index contributed by atoms with van der Waals surface area (Å²) < 4.78 is 13.9. The van der Waals surface area contributed by atoms with E-state index in [-0.39, 0.29) is 29.8 Å². The topological polar surface area (TPSA) is 39.7 Å². The number of nitrogens with zero attached hydrogens (tertiary/aromatic N) is 2. The predicted octanol–water partition coefficient (Wildman–Crippen LogP) is 3.46. The van der Waals surface area contributed by atoms with Crippen molar-refractivity contribution in [2.45, 2.75) is 38.9 Å². The van der Waals surface area contributed by atoms with E-state index in [1.54, 1.807) is 6.07 Å². The van der Waals surface area contributed by atoms with Crippen LogP contribution in [0.4, 0.5) is 4.39 Å². The van der Waals surface area contributed by atoms with E-state index in [9.17, 15) is 4.39 Å². The molecule has 25 heavy (non-hydrogen) atoms. The van der Waals surface area contributed by atoms with Gasteiger partial charge in [-0.05, 0) is 57.3 Å². The monoisotopic (exact) mass is 480 g/mol. The Kier molecular flexibility index (Phi) is 10.8.